The maximum Gasteiger partial charge on any atom is 0.211 e. The Bertz CT molecular complexity index is 502. The largest absolute Gasteiger partial charge is 0.497 e. The topological polar surface area (TPSA) is 65.5 Å². The number of hydrogen-bond donors (Lipinski definition) is 1. The maximum atomic E-state index is 11.3. The Kier molecular flexibility index (Phi) is 2.43. The molecule has 0 aliphatic carbocycles. The van der Waals surface area contributed by atoms with Gasteiger partial charge in [-0.1, -0.05) is 0 Å². The minimum absolute atomic E-state index is 0.0447. The molecule has 15 heavy (non-hydrogen) atoms. The predicted octanol–water partition coefficient (Wildman–Crippen LogP) is 1.58. The van der Waals surface area contributed by atoms with Gasteiger partial charge in [0.2, 0.25) is 5.78 Å². The van der Waals surface area contributed by atoms with Gasteiger partial charge in [0, 0.05) is 5.39 Å². The molecule has 2 rings (SSSR count). The molecule has 1 aromatic heterocycles. The number of nitrogens with two attached hydrogens (primary N) is 1. The molecule has 0 radical (unpaired) electrons. The fourth-order valence-electron chi connectivity index (χ4n) is 1.39. The number of rotatable bonds is 3. The van der Waals surface area contributed by atoms with Crippen molar-refractivity contribution in [2.45, 2.75) is 0 Å². The third-order valence-electron chi connectivity index (χ3n) is 2.18. The smallest absolute Gasteiger partial charge is 0.211 e. The van der Waals surface area contributed by atoms with E-state index in [0.717, 1.165) is 11.1 Å². The van der Waals surface area contributed by atoms with Crippen molar-refractivity contribution in [1.29, 1.82) is 0 Å². The number of ether oxygens (including phenoxy) is 1. The van der Waals surface area contributed by atoms with Gasteiger partial charge >= 0.3 is 0 Å². The monoisotopic (exact) mass is 205 g/mol. The van der Waals surface area contributed by atoms with E-state index >= 15 is 0 Å². The van der Waals surface area contributed by atoms with Crippen LogP contribution in [0.3, 0.4) is 0 Å². The maximum absolute atomic E-state index is 11.3. The van der Waals surface area contributed by atoms with E-state index in [1.165, 1.54) is 0 Å². The average Bonchev–Trinajstić information content (AvgIpc) is 2.70. The van der Waals surface area contributed by atoms with Crippen molar-refractivity contribution in [1.82, 2.24) is 0 Å². The summed E-state index contributed by atoms with van der Waals surface area (Å²) in [7, 11) is 1.59. The molecule has 0 saturated heterocycles. The van der Waals surface area contributed by atoms with E-state index in [9.17, 15) is 4.79 Å². The molecule has 2 aromatic rings. The number of methoxy groups -OCH3 is 1. The number of ketones is 1. The Morgan fingerprint density at radius 2 is 2.27 bits per heavy atom. The SMILES string of the molecule is COc1ccc2oc(C(=O)CN)cc2c1. The fourth-order valence-corrected chi connectivity index (χ4v) is 1.39. The Morgan fingerprint density at radius 3 is 2.93 bits per heavy atom. The van der Waals surface area contributed by atoms with Crippen molar-refractivity contribution >= 4 is 16.8 Å². The first-order chi connectivity index (χ1) is 7.24. The van der Waals surface area contributed by atoms with Crippen molar-refractivity contribution in [3.05, 3.63) is 30.0 Å². The quantitative estimate of drug-likeness (QED) is 0.772. The van der Waals surface area contributed by atoms with E-state index in [0.29, 0.717) is 11.3 Å². The first-order valence-corrected chi connectivity index (χ1v) is 4.55. The normalized spacial score (nSPS) is 10.5. The van der Waals surface area contributed by atoms with Crippen LogP contribution in [0.4, 0.5) is 0 Å². The molecule has 0 fully saturated rings. The van der Waals surface area contributed by atoms with Gasteiger partial charge in [-0.3, -0.25) is 4.79 Å². The third kappa shape index (κ3) is 1.71. The lowest BCUT2D eigenvalue weighted by atomic mass is 10.2. The molecular weight excluding hydrogens is 194 g/mol. The Balaban J connectivity index is 2.51. The van der Waals surface area contributed by atoms with Gasteiger partial charge in [-0.05, 0) is 24.3 Å². The predicted molar refractivity (Wildman–Crippen MR) is 56.2 cm³/mol. The zero-order valence-corrected chi connectivity index (χ0v) is 8.32. The second-order valence-electron chi connectivity index (χ2n) is 3.14. The molecule has 0 atom stereocenters. The second kappa shape index (κ2) is 3.74. The van der Waals surface area contributed by atoms with Crippen molar-refractivity contribution in [3.63, 3.8) is 0 Å². The summed E-state index contributed by atoms with van der Waals surface area (Å²) in [6, 6.07) is 7.03. The van der Waals surface area contributed by atoms with E-state index in [1.54, 1.807) is 25.3 Å². The molecule has 4 nitrogen and oxygen atoms in total. The van der Waals surface area contributed by atoms with Gasteiger partial charge in [-0.25, -0.2) is 0 Å². The molecule has 0 bridgehead atoms. The number of carbonyl (C=O) groups excluding carboxylic acids is 1. The highest BCUT2D eigenvalue weighted by atomic mass is 16.5. The lowest BCUT2D eigenvalue weighted by molar-refractivity contribution is 0.0977. The highest BCUT2D eigenvalue weighted by Crippen LogP contribution is 2.24. The average molecular weight is 205 g/mol. The molecule has 0 spiro atoms. The van der Waals surface area contributed by atoms with Crippen molar-refractivity contribution in [2.75, 3.05) is 13.7 Å². The standard InChI is InChI=1S/C11H11NO3/c1-14-8-2-3-10-7(4-8)5-11(15-10)9(13)6-12/h2-5H,6,12H2,1H3. The lowest BCUT2D eigenvalue weighted by Crippen LogP contribution is -2.12. The summed E-state index contributed by atoms with van der Waals surface area (Å²) in [5, 5.41) is 0.839. The molecule has 0 aliphatic heterocycles. The summed E-state index contributed by atoms with van der Waals surface area (Å²) in [5.74, 6) is 0.820. The first kappa shape index (κ1) is 9.73. The van der Waals surface area contributed by atoms with Crippen LogP contribution in [0.2, 0.25) is 0 Å². The van der Waals surface area contributed by atoms with Crippen LogP contribution in [-0.4, -0.2) is 19.4 Å². The third-order valence-corrected chi connectivity index (χ3v) is 2.18. The number of Topliss-reactive ketones (excluding diaryl/α,β-unsaturated/α-hetero) is 1. The number of fused-ring (bicyclic) bond motifs is 1. The minimum Gasteiger partial charge on any atom is -0.497 e. The fraction of sp³-hybridized carbons (Fsp3) is 0.182. The van der Waals surface area contributed by atoms with Gasteiger partial charge in [-0.2, -0.15) is 0 Å². The van der Waals surface area contributed by atoms with Crippen LogP contribution in [0, 0.1) is 0 Å². The van der Waals surface area contributed by atoms with Gasteiger partial charge in [0.25, 0.3) is 0 Å². The van der Waals surface area contributed by atoms with E-state index in [-0.39, 0.29) is 12.3 Å². The van der Waals surface area contributed by atoms with Crippen LogP contribution >= 0.6 is 0 Å². The number of benzene rings is 1. The molecule has 2 N–H and O–H groups in total. The zero-order valence-electron chi connectivity index (χ0n) is 8.32. The summed E-state index contributed by atoms with van der Waals surface area (Å²) < 4.78 is 10.4. The van der Waals surface area contributed by atoms with Crippen molar-refractivity contribution in [2.24, 2.45) is 5.73 Å². The van der Waals surface area contributed by atoms with E-state index < -0.39 is 0 Å². The zero-order chi connectivity index (χ0) is 10.8. The van der Waals surface area contributed by atoms with Gasteiger partial charge in [0.1, 0.15) is 11.3 Å². The van der Waals surface area contributed by atoms with Crippen molar-refractivity contribution < 1.29 is 13.9 Å². The molecule has 0 amide bonds. The van der Waals surface area contributed by atoms with E-state index in [2.05, 4.69) is 0 Å². The summed E-state index contributed by atoms with van der Waals surface area (Å²) in [5.41, 5.74) is 5.91. The molecule has 4 heteroatoms. The lowest BCUT2D eigenvalue weighted by Gasteiger charge is -1.96. The minimum atomic E-state index is -0.204. The molecule has 0 aliphatic rings. The highest BCUT2D eigenvalue weighted by molar-refractivity contribution is 5.98. The summed E-state index contributed by atoms with van der Waals surface area (Å²) in [4.78, 5) is 11.3. The summed E-state index contributed by atoms with van der Waals surface area (Å²) in [6.45, 7) is -0.0447. The Labute approximate surface area is 86.6 Å². The van der Waals surface area contributed by atoms with E-state index in [1.807, 2.05) is 6.07 Å². The van der Waals surface area contributed by atoms with Gasteiger partial charge in [-0.15, -0.1) is 0 Å². The van der Waals surface area contributed by atoms with Crippen LogP contribution in [-0.2, 0) is 0 Å². The summed E-state index contributed by atoms with van der Waals surface area (Å²) in [6.07, 6.45) is 0. The summed E-state index contributed by atoms with van der Waals surface area (Å²) >= 11 is 0. The van der Waals surface area contributed by atoms with Crippen LogP contribution in [0.25, 0.3) is 11.0 Å². The molecule has 1 heterocycles. The molecular formula is C11H11NO3. The number of carbonyl (C=O) groups is 1. The van der Waals surface area contributed by atoms with Gasteiger partial charge < -0.3 is 14.9 Å². The number of furan rings is 1. The highest BCUT2D eigenvalue weighted by Gasteiger charge is 2.10. The van der Waals surface area contributed by atoms with Crippen molar-refractivity contribution in [3.8, 4) is 5.75 Å². The molecule has 1 aromatic carbocycles. The van der Waals surface area contributed by atoms with Crippen LogP contribution in [0.5, 0.6) is 5.75 Å². The first-order valence-electron chi connectivity index (χ1n) is 4.55. The van der Waals surface area contributed by atoms with E-state index in [4.69, 9.17) is 14.9 Å². The molecule has 0 saturated carbocycles. The Morgan fingerprint density at radius 1 is 1.47 bits per heavy atom. The number of hydrogen-bond acceptors (Lipinski definition) is 4. The van der Waals surface area contributed by atoms with Gasteiger partial charge in [0.05, 0.1) is 13.7 Å². The molecule has 78 valence electrons. The molecule has 0 unspecified atom stereocenters. The van der Waals surface area contributed by atoms with Gasteiger partial charge in [0.15, 0.2) is 5.76 Å². The van der Waals surface area contributed by atoms with Crippen LogP contribution < -0.4 is 10.5 Å². The van der Waals surface area contributed by atoms with Crippen LogP contribution in [0.1, 0.15) is 10.6 Å². The van der Waals surface area contributed by atoms with Crippen LogP contribution in [0.15, 0.2) is 28.7 Å². The second-order valence-corrected chi connectivity index (χ2v) is 3.14. The Hall–Kier alpha value is -1.81.